The number of hydrogen-bond acceptors (Lipinski definition) is 3. The van der Waals surface area contributed by atoms with Crippen LogP contribution in [0, 0.1) is 11.3 Å². The van der Waals surface area contributed by atoms with Crippen LogP contribution in [-0.4, -0.2) is 22.5 Å². The lowest BCUT2D eigenvalue weighted by Crippen LogP contribution is -2.44. The monoisotopic (exact) mass is 256 g/mol. The van der Waals surface area contributed by atoms with E-state index < -0.39 is 0 Å². The molecule has 0 amide bonds. The lowest BCUT2D eigenvalue weighted by molar-refractivity contribution is 0.268. The molecular formula is C14H28N2S. The molecule has 0 aliphatic carbocycles. The Kier molecular flexibility index (Phi) is 4.56. The van der Waals surface area contributed by atoms with E-state index in [-0.39, 0.29) is 5.54 Å². The summed E-state index contributed by atoms with van der Waals surface area (Å²) in [7, 11) is 0. The van der Waals surface area contributed by atoms with E-state index in [9.17, 15) is 0 Å². The molecular weight excluding hydrogens is 228 g/mol. The zero-order valence-corrected chi connectivity index (χ0v) is 13.2. The van der Waals surface area contributed by atoms with Crippen molar-refractivity contribution in [3.63, 3.8) is 0 Å². The minimum atomic E-state index is 0.121. The fourth-order valence-electron chi connectivity index (χ4n) is 2.46. The van der Waals surface area contributed by atoms with Gasteiger partial charge in [0.25, 0.3) is 0 Å². The molecule has 0 aromatic heterocycles. The molecule has 1 N–H and O–H groups in total. The van der Waals surface area contributed by atoms with Crippen molar-refractivity contribution in [1.82, 2.24) is 5.32 Å². The van der Waals surface area contributed by atoms with Gasteiger partial charge in [-0.25, -0.2) is 0 Å². The van der Waals surface area contributed by atoms with Gasteiger partial charge in [0.05, 0.1) is 6.04 Å². The maximum atomic E-state index is 4.77. The molecule has 0 fully saturated rings. The smallest absolute Gasteiger partial charge is 0.157 e. The Labute approximate surface area is 111 Å². The Balaban J connectivity index is 2.57. The van der Waals surface area contributed by atoms with Crippen LogP contribution < -0.4 is 5.32 Å². The Bertz CT molecular complexity index is 287. The van der Waals surface area contributed by atoms with Gasteiger partial charge in [-0.15, -0.1) is 0 Å². The first-order valence-electron chi connectivity index (χ1n) is 6.58. The van der Waals surface area contributed by atoms with Gasteiger partial charge in [0.15, 0.2) is 5.17 Å². The van der Waals surface area contributed by atoms with Gasteiger partial charge in [0.2, 0.25) is 0 Å². The fourth-order valence-corrected chi connectivity index (χ4v) is 3.81. The molecule has 3 heteroatoms. The molecule has 0 radical (unpaired) electrons. The van der Waals surface area contributed by atoms with Crippen molar-refractivity contribution in [2.75, 3.05) is 5.75 Å². The number of aliphatic imine (C=N–C) groups is 1. The molecule has 17 heavy (non-hydrogen) atoms. The minimum Gasteiger partial charge on any atom is -0.360 e. The maximum absolute atomic E-state index is 4.77. The average Bonchev–Trinajstić information content (AvgIpc) is 2.46. The third-order valence-corrected chi connectivity index (χ3v) is 3.85. The van der Waals surface area contributed by atoms with E-state index in [1.807, 2.05) is 11.8 Å². The Morgan fingerprint density at radius 3 is 2.29 bits per heavy atom. The number of nitrogens with zero attached hydrogens (tertiary/aromatic N) is 1. The van der Waals surface area contributed by atoms with Crippen LogP contribution in [0.25, 0.3) is 0 Å². The molecule has 2 nitrogen and oxygen atoms in total. The zero-order chi connectivity index (χ0) is 13.3. The van der Waals surface area contributed by atoms with Gasteiger partial charge in [-0.1, -0.05) is 46.4 Å². The Morgan fingerprint density at radius 1 is 1.29 bits per heavy atom. The highest BCUT2D eigenvalue weighted by atomic mass is 32.2. The lowest BCUT2D eigenvalue weighted by Gasteiger charge is -2.33. The average molecular weight is 256 g/mol. The predicted octanol–water partition coefficient (Wildman–Crippen LogP) is 3.92. The number of amidine groups is 1. The van der Waals surface area contributed by atoms with Gasteiger partial charge in [0, 0.05) is 11.3 Å². The number of hydrogen-bond donors (Lipinski definition) is 1. The van der Waals surface area contributed by atoms with Gasteiger partial charge >= 0.3 is 0 Å². The van der Waals surface area contributed by atoms with Crippen LogP contribution in [0.2, 0.25) is 0 Å². The highest BCUT2D eigenvalue weighted by Gasteiger charge is 2.29. The molecule has 100 valence electrons. The van der Waals surface area contributed by atoms with E-state index in [0.717, 1.165) is 17.3 Å². The van der Waals surface area contributed by atoms with Gasteiger partial charge < -0.3 is 5.32 Å². The van der Waals surface area contributed by atoms with Crippen molar-refractivity contribution >= 4 is 16.9 Å². The first-order chi connectivity index (χ1) is 7.59. The second-order valence-electron chi connectivity index (χ2n) is 7.30. The maximum Gasteiger partial charge on any atom is 0.157 e. The van der Waals surface area contributed by atoms with Crippen molar-refractivity contribution in [2.24, 2.45) is 16.3 Å². The highest BCUT2D eigenvalue weighted by molar-refractivity contribution is 8.14. The SMILES string of the molecule is CC(C)[C@H]1CSC(NC(C)(C)CC(C)(C)C)=N1. The first-order valence-corrected chi connectivity index (χ1v) is 7.56. The Morgan fingerprint density at radius 2 is 1.88 bits per heavy atom. The molecule has 1 heterocycles. The van der Waals surface area contributed by atoms with Crippen LogP contribution in [0.1, 0.15) is 54.9 Å². The van der Waals surface area contributed by atoms with Crippen molar-refractivity contribution in [1.29, 1.82) is 0 Å². The van der Waals surface area contributed by atoms with Crippen molar-refractivity contribution in [3.8, 4) is 0 Å². The summed E-state index contributed by atoms with van der Waals surface area (Å²) >= 11 is 1.87. The molecule has 0 aromatic carbocycles. The minimum absolute atomic E-state index is 0.121. The van der Waals surface area contributed by atoms with Gasteiger partial charge in [-0.3, -0.25) is 4.99 Å². The molecule has 0 aromatic rings. The first kappa shape index (κ1) is 14.9. The van der Waals surface area contributed by atoms with Gasteiger partial charge in [0.1, 0.15) is 0 Å². The van der Waals surface area contributed by atoms with Crippen LogP contribution in [0.3, 0.4) is 0 Å². The lowest BCUT2D eigenvalue weighted by atomic mass is 9.82. The van der Waals surface area contributed by atoms with Crippen LogP contribution >= 0.6 is 11.8 Å². The van der Waals surface area contributed by atoms with Gasteiger partial charge in [-0.05, 0) is 31.6 Å². The molecule has 0 saturated heterocycles. The number of thioether (sulfide) groups is 1. The topological polar surface area (TPSA) is 24.4 Å². The summed E-state index contributed by atoms with van der Waals surface area (Å²) in [5, 5.41) is 4.75. The second kappa shape index (κ2) is 5.21. The Hall–Kier alpha value is -0.180. The molecule has 0 bridgehead atoms. The second-order valence-corrected chi connectivity index (χ2v) is 8.31. The van der Waals surface area contributed by atoms with E-state index in [2.05, 4.69) is 53.8 Å². The van der Waals surface area contributed by atoms with Crippen LogP contribution in [0.4, 0.5) is 0 Å². The molecule has 1 aliphatic rings. The summed E-state index contributed by atoms with van der Waals surface area (Å²) < 4.78 is 0. The van der Waals surface area contributed by atoms with E-state index in [1.54, 1.807) is 0 Å². The van der Waals surface area contributed by atoms with E-state index in [4.69, 9.17) is 4.99 Å². The highest BCUT2D eigenvalue weighted by Crippen LogP contribution is 2.29. The van der Waals surface area contributed by atoms with Crippen LogP contribution in [0.5, 0.6) is 0 Å². The quantitative estimate of drug-likeness (QED) is 0.827. The fraction of sp³-hybridized carbons (Fsp3) is 0.929. The van der Waals surface area contributed by atoms with E-state index in [0.29, 0.717) is 17.4 Å². The largest absolute Gasteiger partial charge is 0.360 e. The van der Waals surface area contributed by atoms with Crippen LogP contribution in [-0.2, 0) is 0 Å². The summed E-state index contributed by atoms with van der Waals surface area (Å²) in [6.45, 7) is 15.9. The van der Waals surface area contributed by atoms with E-state index >= 15 is 0 Å². The van der Waals surface area contributed by atoms with Crippen molar-refractivity contribution in [3.05, 3.63) is 0 Å². The van der Waals surface area contributed by atoms with Crippen LogP contribution in [0.15, 0.2) is 4.99 Å². The van der Waals surface area contributed by atoms with Crippen molar-refractivity contribution < 1.29 is 0 Å². The molecule has 0 spiro atoms. The summed E-state index contributed by atoms with van der Waals surface area (Å²) in [4.78, 5) is 4.77. The molecule has 0 saturated carbocycles. The third-order valence-electron chi connectivity index (χ3n) is 2.86. The summed E-state index contributed by atoms with van der Waals surface area (Å²) in [5.41, 5.74) is 0.466. The molecule has 1 aliphatic heterocycles. The summed E-state index contributed by atoms with van der Waals surface area (Å²) in [6.07, 6.45) is 1.14. The summed E-state index contributed by atoms with van der Waals surface area (Å²) in [6, 6.07) is 0.493. The van der Waals surface area contributed by atoms with Gasteiger partial charge in [-0.2, -0.15) is 0 Å². The predicted molar refractivity (Wildman–Crippen MR) is 79.8 cm³/mol. The normalized spacial score (nSPS) is 21.9. The van der Waals surface area contributed by atoms with Crippen molar-refractivity contribution in [2.45, 2.75) is 66.5 Å². The number of rotatable bonds is 3. The molecule has 1 rings (SSSR count). The van der Waals surface area contributed by atoms with E-state index in [1.165, 1.54) is 0 Å². The summed E-state index contributed by atoms with van der Waals surface area (Å²) in [5.74, 6) is 1.78. The number of nitrogens with one attached hydrogen (secondary N) is 1. The zero-order valence-electron chi connectivity index (χ0n) is 12.4. The molecule has 1 atom stereocenters. The molecule has 0 unspecified atom stereocenters. The third kappa shape index (κ3) is 5.33. The standard InChI is InChI=1S/C14H28N2S/c1-10(2)11-8-17-12(15-11)16-14(6,7)9-13(3,4)5/h10-11H,8-9H2,1-7H3,(H,15,16)/t11-/m1/s1.